The van der Waals surface area contributed by atoms with E-state index < -0.39 is 0 Å². The molecule has 2 fully saturated rings. The Bertz CT molecular complexity index is 293. The molecule has 1 saturated heterocycles. The second-order valence-corrected chi connectivity index (χ2v) is 5.04. The van der Waals surface area contributed by atoms with E-state index in [1.54, 1.807) is 11.0 Å². The number of rotatable bonds is 5. The molecule has 0 radical (unpaired) electrons. The highest BCUT2D eigenvalue weighted by Crippen LogP contribution is 2.38. The maximum atomic E-state index is 12.4. The van der Waals surface area contributed by atoms with Gasteiger partial charge in [0.15, 0.2) is 0 Å². The fraction of sp³-hybridized carbons (Fsp3) is 0.769. The van der Waals surface area contributed by atoms with Gasteiger partial charge in [0.25, 0.3) is 0 Å². The van der Waals surface area contributed by atoms with Gasteiger partial charge in [-0.1, -0.05) is 12.5 Å². The number of carbonyl (C=O) groups excluding carboxylic acids is 1. The molecule has 0 spiro atoms. The van der Waals surface area contributed by atoms with Crippen LogP contribution in [-0.4, -0.2) is 48.2 Å². The van der Waals surface area contributed by atoms with Crippen LogP contribution >= 0.6 is 0 Å². The second kappa shape index (κ2) is 5.65. The predicted octanol–water partition coefficient (Wildman–Crippen LogP) is 0.381. The molecule has 2 aliphatic rings. The van der Waals surface area contributed by atoms with Crippen LogP contribution in [0.15, 0.2) is 12.7 Å². The van der Waals surface area contributed by atoms with Crippen LogP contribution < -0.4 is 5.32 Å². The minimum Gasteiger partial charge on any atom is -0.395 e. The van der Waals surface area contributed by atoms with Gasteiger partial charge in [0, 0.05) is 13.1 Å². The number of nitrogens with one attached hydrogen (secondary N) is 1. The molecule has 1 saturated carbocycles. The van der Waals surface area contributed by atoms with Crippen molar-refractivity contribution in [2.75, 3.05) is 26.2 Å². The minimum atomic E-state index is -0.0333. The number of carbonyl (C=O) groups is 1. The summed E-state index contributed by atoms with van der Waals surface area (Å²) in [4.78, 5) is 14.1. The molecule has 1 amide bonds. The number of hydrogen-bond donors (Lipinski definition) is 2. The van der Waals surface area contributed by atoms with Crippen LogP contribution in [-0.2, 0) is 4.79 Å². The van der Waals surface area contributed by atoms with E-state index in [1.807, 2.05) is 0 Å². The average Bonchev–Trinajstić information content (AvgIpc) is 2.89. The van der Waals surface area contributed by atoms with Crippen LogP contribution in [0, 0.1) is 11.8 Å². The quantitative estimate of drug-likeness (QED) is 0.681. The van der Waals surface area contributed by atoms with Gasteiger partial charge in [-0.05, 0) is 31.2 Å². The molecular formula is C13H22N2O2. The molecule has 0 aromatic heterocycles. The zero-order valence-corrected chi connectivity index (χ0v) is 10.3. The summed E-state index contributed by atoms with van der Waals surface area (Å²) < 4.78 is 0. The fourth-order valence-corrected chi connectivity index (χ4v) is 3.22. The van der Waals surface area contributed by atoms with E-state index in [1.165, 1.54) is 12.8 Å². The Labute approximate surface area is 103 Å². The van der Waals surface area contributed by atoms with E-state index in [0.717, 1.165) is 13.0 Å². The van der Waals surface area contributed by atoms with E-state index in [9.17, 15) is 4.79 Å². The number of hydrogen-bond acceptors (Lipinski definition) is 3. The van der Waals surface area contributed by atoms with Crippen molar-refractivity contribution >= 4 is 5.91 Å². The van der Waals surface area contributed by atoms with Crippen LogP contribution in [0.5, 0.6) is 0 Å². The summed E-state index contributed by atoms with van der Waals surface area (Å²) in [5.74, 6) is 1.32. The van der Waals surface area contributed by atoms with Crippen LogP contribution in [0.25, 0.3) is 0 Å². The third-order valence-corrected chi connectivity index (χ3v) is 4.04. The first-order valence-electron chi connectivity index (χ1n) is 6.52. The van der Waals surface area contributed by atoms with Crippen LogP contribution in [0.1, 0.15) is 19.3 Å². The Morgan fingerprint density at radius 2 is 2.35 bits per heavy atom. The van der Waals surface area contributed by atoms with Crippen molar-refractivity contribution in [2.24, 2.45) is 11.8 Å². The minimum absolute atomic E-state index is 0.0143. The van der Waals surface area contributed by atoms with Crippen molar-refractivity contribution in [1.29, 1.82) is 0 Å². The summed E-state index contributed by atoms with van der Waals surface area (Å²) in [6.07, 6.45) is 5.38. The molecule has 1 aliphatic carbocycles. The third kappa shape index (κ3) is 2.53. The SMILES string of the molecule is C=CCN(CCO)C(=O)C1NCC2CCCC21. The van der Waals surface area contributed by atoms with Crippen molar-refractivity contribution in [3.05, 3.63) is 12.7 Å². The van der Waals surface area contributed by atoms with Gasteiger partial charge in [0.2, 0.25) is 5.91 Å². The van der Waals surface area contributed by atoms with Gasteiger partial charge in [-0.3, -0.25) is 4.79 Å². The van der Waals surface area contributed by atoms with Crippen molar-refractivity contribution < 1.29 is 9.90 Å². The summed E-state index contributed by atoms with van der Waals surface area (Å²) in [6, 6.07) is -0.0333. The van der Waals surface area contributed by atoms with Gasteiger partial charge >= 0.3 is 0 Å². The maximum absolute atomic E-state index is 12.4. The summed E-state index contributed by atoms with van der Waals surface area (Å²) in [5.41, 5.74) is 0. The Kier molecular flexibility index (Phi) is 4.18. The topological polar surface area (TPSA) is 52.6 Å². The lowest BCUT2D eigenvalue weighted by Crippen LogP contribution is -2.47. The average molecular weight is 238 g/mol. The number of aliphatic hydroxyl groups excluding tert-OH is 1. The largest absolute Gasteiger partial charge is 0.395 e. The molecule has 1 aliphatic heterocycles. The van der Waals surface area contributed by atoms with E-state index in [0.29, 0.717) is 24.9 Å². The first-order valence-corrected chi connectivity index (χ1v) is 6.52. The zero-order chi connectivity index (χ0) is 12.3. The lowest BCUT2D eigenvalue weighted by Gasteiger charge is -2.26. The van der Waals surface area contributed by atoms with E-state index in [-0.39, 0.29) is 18.6 Å². The van der Waals surface area contributed by atoms with Gasteiger partial charge in [-0.15, -0.1) is 6.58 Å². The van der Waals surface area contributed by atoms with E-state index in [2.05, 4.69) is 11.9 Å². The smallest absolute Gasteiger partial charge is 0.240 e. The normalized spacial score (nSPS) is 31.2. The molecule has 4 heteroatoms. The zero-order valence-electron chi connectivity index (χ0n) is 10.3. The molecule has 0 aromatic carbocycles. The van der Waals surface area contributed by atoms with Gasteiger partial charge in [0.1, 0.15) is 0 Å². The molecular weight excluding hydrogens is 216 g/mol. The van der Waals surface area contributed by atoms with Gasteiger partial charge < -0.3 is 15.3 Å². The number of fused-ring (bicyclic) bond motifs is 1. The summed E-state index contributed by atoms with van der Waals surface area (Å²) in [7, 11) is 0. The molecule has 1 heterocycles. The lowest BCUT2D eigenvalue weighted by molar-refractivity contribution is -0.134. The van der Waals surface area contributed by atoms with Crippen LogP contribution in [0.2, 0.25) is 0 Å². The van der Waals surface area contributed by atoms with E-state index in [4.69, 9.17) is 5.11 Å². The van der Waals surface area contributed by atoms with Crippen molar-refractivity contribution in [1.82, 2.24) is 10.2 Å². The van der Waals surface area contributed by atoms with E-state index >= 15 is 0 Å². The molecule has 0 bridgehead atoms. The first-order chi connectivity index (χ1) is 8.27. The monoisotopic (exact) mass is 238 g/mol. The second-order valence-electron chi connectivity index (χ2n) is 5.04. The summed E-state index contributed by atoms with van der Waals surface area (Å²) >= 11 is 0. The first kappa shape index (κ1) is 12.6. The van der Waals surface area contributed by atoms with Crippen molar-refractivity contribution in [3.8, 4) is 0 Å². The molecule has 17 heavy (non-hydrogen) atoms. The highest BCUT2D eigenvalue weighted by molar-refractivity contribution is 5.83. The van der Waals surface area contributed by atoms with Gasteiger partial charge in [0.05, 0.1) is 12.6 Å². The van der Waals surface area contributed by atoms with Crippen molar-refractivity contribution in [2.45, 2.75) is 25.3 Å². The number of amides is 1. The summed E-state index contributed by atoms with van der Waals surface area (Å²) in [5, 5.41) is 12.3. The highest BCUT2D eigenvalue weighted by Gasteiger charge is 2.43. The fourth-order valence-electron chi connectivity index (χ4n) is 3.22. The Morgan fingerprint density at radius 1 is 1.53 bits per heavy atom. The molecule has 0 aromatic rings. The van der Waals surface area contributed by atoms with Crippen LogP contribution in [0.4, 0.5) is 0 Å². The lowest BCUT2D eigenvalue weighted by atomic mass is 9.93. The van der Waals surface area contributed by atoms with Crippen LogP contribution in [0.3, 0.4) is 0 Å². The molecule has 3 unspecified atom stereocenters. The highest BCUT2D eigenvalue weighted by atomic mass is 16.3. The molecule has 4 nitrogen and oxygen atoms in total. The molecule has 96 valence electrons. The Morgan fingerprint density at radius 3 is 3.06 bits per heavy atom. The maximum Gasteiger partial charge on any atom is 0.240 e. The molecule has 2 N–H and O–H groups in total. The Balaban J connectivity index is 1.99. The number of nitrogens with zero attached hydrogens (tertiary/aromatic N) is 1. The molecule has 3 atom stereocenters. The standard InChI is InChI=1S/C13H22N2O2/c1-2-6-15(7-8-16)13(17)12-11-5-3-4-10(11)9-14-12/h2,10-12,14,16H,1,3-9H2. The van der Waals surface area contributed by atoms with Gasteiger partial charge in [-0.25, -0.2) is 0 Å². The molecule has 2 rings (SSSR count). The number of aliphatic hydroxyl groups is 1. The summed E-state index contributed by atoms with van der Waals surface area (Å²) in [6.45, 7) is 5.58. The van der Waals surface area contributed by atoms with Gasteiger partial charge in [-0.2, -0.15) is 0 Å². The van der Waals surface area contributed by atoms with Crippen molar-refractivity contribution in [3.63, 3.8) is 0 Å². The Hall–Kier alpha value is -0.870. The predicted molar refractivity (Wildman–Crippen MR) is 66.5 cm³/mol. The third-order valence-electron chi connectivity index (χ3n) is 4.04.